The Bertz CT molecular complexity index is 604. The van der Waals surface area contributed by atoms with Gasteiger partial charge in [0, 0.05) is 17.7 Å². The van der Waals surface area contributed by atoms with Crippen molar-refractivity contribution in [1.82, 2.24) is 9.78 Å². The first-order valence-corrected chi connectivity index (χ1v) is 6.98. The van der Waals surface area contributed by atoms with E-state index in [0.717, 1.165) is 11.3 Å². The van der Waals surface area contributed by atoms with Gasteiger partial charge in [-0.05, 0) is 11.6 Å². The van der Waals surface area contributed by atoms with Gasteiger partial charge < -0.3 is 0 Å². The molecule has 1 aromatic carbocycles. The zero-order valence-electron chi connectivity index (χ0n) is 9.76. The molecule has 1 atom stereocenters. The second kappa shape index (κ2) is 4.44. The third-order valence-electron chi connectivity index (χ3n) is 3.14. The SMILES string of the molecule is Cn1ncc(Cl)c1C(=O)C1CSc2ccccc21. The number of thioether (sulfide) groups is 1. The molecule has 0 aliphatic carbocycles. The Balaban J connectivity index is 2.01. The molecule has 3 nitrogen and oxygen atoms in total. The molecule has 0 radical (unpaired) electrons. The van der Waals surface area contributed by atoms with Crippen molar-refractivity contribution in [2.45, 2.75) is 10.8 Å². The molecule has 0 saturated carbocycles. The van der Waals surface area contributed by atoms with E-state index in [4.69, 9.17) is 11.6 Å². The van der Waals surface area contributed by atoms with E-state index >= 15 is 0 Å². The molecule has 2 aromatic rings. The summed E-state index contributed by atoms with van der Waals surface area (Å²) in [5.41, 5.74) is 1.60. The summed E-state index contributed by atoms with van der Waals surface area (Å²) in [7, 11) is 1.74. The summed E-state index contributed by atoms with van der Waals surface area (Å²) in [5, 5.41) is 4.45. The summed E-state index contributed by atoms with van der Waals surface area (Å²) in [6.07, 6.45) is 1.52. The molecule has 1 aromatic heterocycles. The van der Waals surface area contributed by atoms with Gasteiger partial charge in [0.2, 0.25) is 0 Å². The Hall–Kier alpha value is -1.26. The van der Waals surface area contributed by atoms with E-state index in [1.807, 2.05) is 18.2 Å². The summed E-state index contributed by atoms with van der Waals surface area (Å²) in [6.45, 7) is 0. The largest absolute Gasteiger partial charge is 0.292 e. The maximum atomic E-state index is 12.6. The van der Waals surface area contributed by atoms with Gasteiger partial charge >= 0.3 is 0 Å². The van der Waals surface area contributed by atoms with Gasteiger partial charge in [-0.2, -0.15) is 5.10 Å². The number of aryl methyl sites for hydroxylation is 1. The fraction of sp³-hybridized carbons (Fsp3) is 0.231. The van der Waals surface area contributed by atoms with Crippen LogP contribution in [-0.2, 0) is 7.05 Å². The highest BCUT2D eigenvalue weighted by Gasteiger charge is 2.32. The van der Waals surface area contributed by atoms with Crippen molar-refractivity contribution in [2.24, 2.45) is 7.05 Å². The lowest BCUT2D eigenvalue weighted by molar-refractivity contribution is 0.0959. The van der Waals surface area contributed by atoms with Gasteiger partial charge in [0.1, 0.15) is 5.69 Å². The van der Waals surface area contributed by atoms with Gasteiger partial charge in [-0.15, -0.1) is 11.8 Å². The van der Waals surface area contributed by atoms with Gasteiger partial charge in [0.05, 0.1) is 17.1 Å². The van der Waals surface area contributed by atoms with Crippen LogP contribution in [0.25, 0.3) is 0 Å². The molecule has 1 aliphatic heterocycles. The number of hydrogen-bond acceptors (Lipinski definition) is 3. The number of rotatable bonds is 2. The summed E-state index contributed by atoms with van der Waals surface area (Å²) in [5.74, 6) is 0.719. The molecule has 18 heavy (non-hydrogen) atoms. The number of aromatic nitrogens is 2. The fourth-order valence-electron chi connectivity index (χ4n) is 2.23. The average Bonchev–Trinajstić information content (AvgIpc) is 2.93. The Kier molecular flexibility index (Phi) is 2.92. The van der Waals surface area contributed by atoms with Crippen molar-refractivity contribution in [3.05, 3.63) is 46.7 Å². The first-order chi connectivity index (χ1) is 8.68. The van der Waals surface area contributed by atoms with Gasteiger partial charge in [-0.3, -0.25) is 9.48 Å². The fourth-order valence-corrected chi connectivity index (χ4v) is 3.72. The number of ketones is 1. The minimum Gasteiger partial charge on any atom is -0.292 e. The summed E-state index contributed by atoms with van der Waals surface area (Å²) in [4.78, 5) is 13.7. The highest BCUT2D eigenvalue weighted by Crippen LogP contribution is 2.41. The quantitative estimate of drug-likeness (QED) is 0.792. The van der Waals surface area contributed by atoms with E-state index in [1.165, 1.54) is 11.1 Å². The summed E-state index contributed by atoms with van der Waals surface area (Å²) < 4.78 is 1.55. The van der Waals surface area contributed by atoms with Crippen LogP contribution < -0.4 is 0 Å². The van der Waals surface area contributed by atoms with Crippen LogP contribution in [0.2, 0.25) is 5.02 Å². The average molecular weight is 279 g/mol. The predicted molar refractivity (Wildman–Crippen MR) is 72.5 cm³/mol. The molecule has 92 valence electrons. The molecule has 0 amide bonds. The van der Waals surface area contributed by atoms with E-state index in [1.54, 1.807) is 23.5 Å². The Morgan fingerprint density at radius 1 is 1.50 bits per heavy atom. The maximum Gasteiger partial charge on any atom is 0.190 e. The monoisotopic (exact) mass is 278 g/mol. The van der Waals surface area contributed by atoms with Crippen LogP contribution in [0, 0.1) is 0 Å². The van der Waals surface area contributed by atoms with Crippen LogP contribution in [0.4, 0.5) is 0 Å². The van der Waals surface area contributed by atoms with Crippen LogP contribution >= 0.6 is 23.4 Å². The molecular weight excluding hydrogens is 268 g/mol. The van der Waals surface area contributed by atoms with Crippen LogP contribution in [0.5, 0.6) is 0 Å². The van der Waals surface area contributed by atoms with Gasteiger partial charge in [0.25, 0.3) is 0 Å². The summed E-state index contributed by atoms with van der Waals surface area (Å²) >= 11 is 7.75. The topological polar surface area (TPSA) is 34.9 Å². The van der Waals surface area contributed by atoms with Gasteiger partial charge in [-0.25, -0.2) is 0 Å². The molecule has 1 unspecified atom stereocenters. The summed E-state index contributed by atoms with van der Waals surface area (Å²) in [6, 6.07) is 8.03. The Labute approximate surface area is 114 Å². The van der Waals surface area contributed by atoms with Crippen molar-refractivity contribution in [3.8, 4) is 0 Å². The number of fused-ring (bicyclic) bond motifs is 1. The van der Waals surface area contributed by atoms with Crippen molar-refractivity contribution in [2.75, 3.05) is 5.75 Å². The minimum absolute atomic E-state index is 0.0532. The van der Waals surface area contributed by atoms with Crippen LogP contribution in [0.3, 0.4) is 0 Å². The second-order valence-corrected chi connectivity index (χ2v) is 5.70. The first-order valence-electron chi connectivity index (χ1n) is 5.62. The third kappa shape index (κ3) is 1.76. The number of carbonyl (C=O) groups is 1. The number of nitrogens with zero attached hydrogens (tertiary/aromatic N) is 2. The lowest BCUT2D eigenvalue weighted by Gasteiger charge is -2.10. The predicted octanol–water partition coefficient (Wildman–Crippen LogP) is 3.15. The molecule has 0 saturated heterocycles. The molecular formula is C13H11ClN2OS. The highest BCUT2D eigenvalue weighted by molar-refractivity contribution is 7.99. The van der Waals surface area contributed by atoms with Crippen molar-refractivity contribution < 1.29 is 4.79 Å². The smallest absolute Gasteiger partial charge is 0.190 e. The molecule has 1 aliphatic rings. The molecule has 0 spiro atoms. The van der Waals surface area contributed by atoms with Gasteiger partial charge in [-0.1, -0.05) is 29.8 Å². The molecule has 0 bridgehead atoms. The number of carbonyl (C=O) groups excluding carboxylic acids is 1. The number of halogens is 1. The van der Waals surface area contributed by atoms with Crippen molar-refractivity contribution >= 4 is 29.1 Å². The third-order valence-corrected chi connectivity index (χ3v) is 4.60. The number of Topliss-reactive ketones (excluding diaryl/α,β-unsaturated/α-hetero) is 1. The zero-order valence-corrected chi connectivity index (χ0v) is 11.3. The van der Waals surface area contributed by atoms with E-state index in [0.29, 0.717) is 10.7 Å². The highest BCUT2D eigenvalue weighted by atomic mass is 35.5. The Morgan fingerprint density at radius 2 is 2.28 bits per heavy atom. The van der Waals surface area contributed by atoms with E-state index in [9.17, 15) is 4.79 Å². The number of benzene rings is 1. The lowest BCUT2D eigenvalue weighted by atomic mass is 9.95. The normalized spacial score (nSPS) is 17.8. The lowest BCUT2D eigenvalue weighted by Crippen LogP contribution is -2.16. The Morgan fingerprint density at radius 3 is 3.00 bits per heavy atom. The molecule has 5 heteroatoms. The van der Waals surface area contributed by atoms with Crippen LogP contribution in [-0.4, -0.2) is 21.3 Å². The van der Waals surface area contributed by atoms with Gasteiger partial charge in [0.15, 0.2) is 5.78 Å². The van der Waals surface area contributed by atoms with Crippen LogP contribution in [0.1, 0.15) is 22.0 Å². The van der Waals surface area contributed by atoms with E-state index in [-0.39, 0.29) is 11.7 Å². The van der Waals surface area contributed by atoms with E-state index in [2.05, 4.69) is 11.2 Å². The van der Waals surface area contributed by atoms with Crippen molar-refractivity contribution in [1.29, 1.82) is 0 Å². The van der Waals surface area contributed by atoms with E-state index < -0.39 is 0 Å². The number of hydrogen-bond donors (Lipinski definition) is 0. The minimum atomic E-state index is -0.112. The maximum absolute atomic E-state index is 12.6. The molecule has 0 N–H and O–H groups in total. The molecule has 2 heterocycles. The zero-order chi connectivity index (χ0) is 12.7. The van der Waals surface area contributed by atoms with Crippen molar-refractivity contribution in [3.63, 3.8) is 0 Å². The first kappa shape index (κ1) is 11.8. The second-order valence-electron chi connectivity index (χ2n) is 4.23. The molecule has 0 fully saturated rings. The van der Waals surface area contributed by atoms with Crippen LogP contribution in [0.15, 0.2) is 35.4 Å². The standard InChI is InChI=1S/C13H11ClN2OS/c1-16-12(10(14)6-15-16)13(17)9-7-18-11-5-3-2-4-8(9)11/h2-6,9H,7H2,1H3. The molecule has 3 rings (SSSR count).